The van der Waals surface area contributed by atoms with Gasteiger partial charge in [-0.3, -0.25) is 9.35 Å². The van der Waals surface area contributed by atoms with Gasteiger partial charge in [0.25, 0.3) is 0 Å². The Bertz CT molecular complexity index is 455. The van der Waals surface area contributed by atoms with Crippen LogP contribution in [0.25, 0.3) is 0 Å². The van der Waals surface area contributed by atoms with Gasteiger partial charge in [0.1, 0.15) is 0 Å². The standard InChI is InChI=1S/C7H6O6S.Na/c8-4-5-1-2-6(9)3-7(5)13-14(10,11)12;/h1-4,9H,(H,10,11,12);/q;+1/p-1. The number of hydrogen-bond donors (Lipinski definition) is 1. The fraction of sp³-hybridized carbons (Fsp3) is 0. The first-order valence-corrected chi connectivity index (χ1v) is 4.72. The van der Waals surface area contributed by atoms with E-state index in [1.54, 1.807) is 0 Å². The smallest absolute Gasteiger partial charge is 0.872 e. The second kappa shape index (κ2) is 5.47. The van der Waals surface area contributed by atoms with E-state index in [4.69, 9.17) is 4.55 Å². The average Bonchev–Trinajstić information content (AvgIpc) is 2.01. The zero-order valence-electron chi connectivity index (χ0n) is 7.71. The van der Waals surface area contributed by atoms with E-state index < -0.39 is 21.9 Å². The normalized spacial score (nSPS) is 10.2. The number of hydrogen-bond acceptors (Lipinski definition) is 5. The minimum atomic E-state index is -4.72. The van der Waals surface area contributed by atoms with Crippen molar-refractivity contribution in [2.45, 2.75) is 0 Å². The van der Waals surface area contributed by atoms with E-state index in [9.17, 15) is 18.3 Å². The summed E-state index contributed by atoms with van der Waals surface area (Å²) in [5.74, 6) is -1.02. The van der Waals surface area contributed by atoms with Crippen LogP contribution in [0.2, 0.25) is 0 Å². The van der Waals surface area contributed by atoms with Crippen molar-refractivity contribution in [1.29, 1.82) is 0 Å². The van der Waals surface area contributed by atoms with E-state index in [0.717, 1.165) is 18.2 Å². The molecule has 0 heterocycles. The molecule has 0 fully saturated rings. The van der Waals surface area contributed by atoms with Gasteiger partial charge < -0.3 is 9.29 Å². The van der Waals surface area contributed by atoms with Crippen LogP contribution in [0.4, 0.5) is 0 Å². The average molecular weight is 240 g/mol. The van der Waals surface area contributed by atoms with Crippen LogP contribution in [-0.2, 0) is 10.4 Å². The summed E-state index contributed by atoms with van der Waals surface area (Å²) in [5, 5.41) is 10.8. The monoisotopic (exact) mass is 240 g/mol. The number of carbonyl (C=O) groups is 1. The molecular weight excluding hydrogens is 235 g/mol. The van der Waals surface area contributed by atoms with Crippen LogP contribution in [0.15, 0.2) is 18.2 Å². The summed E-state index contributed by atoms with van der Waals surface area (Å²) < 4.78 is 32.9. The van der Waals surface area contributed by atoms with Crippen molar-refractivity contribution >= 4 is 16.7 Å². The maximum Gasteiger partial charge on any atom is 1.00 e. The Morgan fingerprint density at radius 3 is 2.47 bits per heavy atom. The molecule has 0 unspecified atom stereocenters. The molecule has 15 heavy (non-hydrogen) atoms. The Hall–Kier alpha value is -0.600. The summed E-state index contributed by atoms with van der Waals surface area (Å²) in [6.45, 7) is 0. The summed E-state index contributed by atoms with van der Waals surface area (Å²) in [7, 11) is -4.72. The van der Waals surface area contributed by atoms with Crippen molar-refractivity contribution in [3.05, 3.63) is 23.8 Å². The molecular formula is C7H5NaO6S. The first-order chi connectivity index (χ1) is 6.42. The van der Waals surface area contributed by atoms with Crippen LogP contribution in [-0.4, -0.2) is 19.3 Å². The van der Waals surface area contributed by atoms with Crippen LogP contribution < -0.4 is 38.8 Å². The van der Waals surface area contributed by atoms with Crippen LogP contribution in [0.1, 0.15) is 10.4 Å². The van der Waals surface area contributed by atoms with Gasteiger partial charge in [-0.25, -0.2) is 0 Å². The second-order valence-corrected chi connectivity index (χ2v) is 3.35. The predicted molar refractivity (Wildman–Crippen MR) is 43.5 cm³/mol. The Labute approximate surface area is 108 Å². The predicted octanol–water partition coefficient (Wildman–Crippen LogP) is -3.24. The molecule has 0 spiro atoms. The molecule has 0 amide bonds. The van der Waals surface area contributed by atoms with E-state index in [-0.39, 0.29) is 35.1 Å². The molecule has 8 heteroatoms. The van der Waals surface area contributed by atoms with Gasteiger partial charge >= 0.3 is 40.0 Å². The third kappa shape index (κ3) is 4.63. The summed E-state index contributed by atoms with van der Waals surface area (Å²) in [5.41, 5.74) is -0.137. The summed E-state index contributed by atoms with van der Waals surface area (Å²) in [6.07, 6.45) is 0.306. The van der Waals surface area contributed by atoms with Gasteiger partial charge in [-0.2, -0.15) is 8.42 Å². The molecule has 0 aromatic heterocycles. The van der Waals surface area contributed by atoms with Crippen molar-refractivity contribution in [2.24, 2.45) is 0 Å². The molecule has 1 rings (SSSR count). The summed E-state index contributed by atoms with van der Waals surface area (Å²) >= 11 is 0. The fourth-order valence-electron chi connectivity index (χ4n) is 0.798. The van der Waals surface area contributed by atoms with E-state index in [1.807, 2.05) is 0 Å². The zero-order chi connectivity index (χ0) is 10.8. The molecule has 6 nitrogen and oxygen atoms in total. The van der Waals surface area contributed by atoms with E-state index >= 15 is 0 Å². The molecule has 0 aliphatic heterocycles. The number of benzene rings is 1. The Morgan fingerprint density at radius 2 is 2.00 bits per heavy atom. The molecule has 1 aromatic carbocycles. The van der Waals surface area contributed by atoms with Crippen molar-refractivity contribution in [1.82, 2.24) is 0 Å². The van der Waals surface area contributed by atoms with Crippen molar-refractivity contribution in [3.8, 4) is 11.5 Å². The maximum atomic E-state index is 10.8. The summed E-state index contributed by atoms with van der Waals surface area (Å²) in [6, 6.07) is 2.95. The van der Waals surface area contributed by atoms with E-state index in [2.05, 4.69) is 4.18 Å². The van der Waals surface area contributed by atoms with Crippen LogP contribution in [0.5, 0.6) is 11.5 Å². The Kier molecular flexibility index (Phi) is 5.26. The van der Waals surface area contributed by atoms with Crippen LogP contribution in [0.3, 0.4) is 0 Å². The van der Waals surface area contributed by atoms with Crippen molar-refractivity contribution < 1.29 is 56.6 Å². The molecule has 0 saturated heterocycles. The molecule has 0 saturated carbocycles. The van der Waals surface area contributed by atoms with Crippen LogP contribution >= 0.6 is 0 Å². The van der Waals surface area contributed by atoms with Gasteiger partial charge in [0.2, 0.25) is 0 Å². The van der Waals surface area contributed by atoms with Gasteiger partial charge in [0.05, 0.1) is 5.56 Å². The zero-order valence-corrected chi connectivity index (χ0v) is 10.5. The van der Waals surface area contributed by atoms with Gasteiger partial charge in [-0.1, -0.05) is 6.07 Å². The molecule has 0 bridgehead atoms. The molecule has 0 aliphatic carbocycles. The molecule has 1 aromatic rings. The Morgan fingerprint density at radius 1 is 1.40 bits per heavy atom. The number of aldehydes is 1. The topological polar surface area (TPSA) is 104 Å². The quantitative estimate of drug-likeness (QED) is 0.338. The molecule has 1 N–H and O–H groups in total. The minimum absolute atomic E-state index is 0. The molecule has 76 valence electrons. The minimum Gasteiger partial charge on any atom is -0.872 e. The SMILES string of the molecule is O=Cc1ccc([O-])cc1OS(=O)(=O)O.[Na+]. The number of rotatable bonds is 3. The van der Waals surface area contributed by atoms with Crippen LogP contribution in [0, 0.1) is 0 Å². The number of carbonyl (C=O) groups excluding carboxylic acids is 1. The Balaban J connectivity index is 0.00000196. The first-order valence-electron chi connectivity index (χ1n) is 3.35. The molecule has 0 atom stereocenters. The molecule has 0 aliphatic rings. The van der Waals surface area contributed by atoms with Crippen molar-refractivity contribution in [3.63, 3.8) is 0 Å². The maximum absolute atomic E-state index is 10.8. The third-order valence-electron chi connectivity index (χ3n) is 1.31. The third-order valence-corrected chi connectivity index (χ3v) is 1.70. The largest absolute Gasteiger partial charge is 1.00 e. The first kappa shape index (κ1) is 14.4. The van der Waals surface area contributed by atoms with E-state index in [0.29, 0.717) is 6.29 Å². The fourth-order valence-corrected chi connectivity index (χ4v) is 1.17. The van der Waals surface area contributed by atoms with E-state index in [1.165, 1.54) is 0 Å². The molecule has 0 radical (unpaired) electrons. The van der Waals surface area contributed by atoms with Gasteiger partial charge in [0.15, 0.2) is 12.0 Å². The second-order valence-electron chi connectivity index (χ2n) is 2.33. The van der Waals surface area contributed by atoms with Gasteiger partial charge in [0, 0.05) is 0 Å². The summed E-state index contributed by atoms with van der Waals surface area (Å²) in [4.78, 5) is 10.4. The van der Waals surface area contributed by atoms with Crippen molar-refractivity contribution in [2.75, 3.05) is 0 Å². The van der Waals surface area contributed by atoms with Gasteiger partial charge in [-0.05, 0) is 12.1 Å². The van der Waals surface area contributed by atoms with Gasteiger partial charge in [-0.15, -0.1) is 5.75 Å².